The molecule has 0 rings (SSSR count). The van der Waals surface area contributed by atoms with Gasteiger partial charge in [0.25, 0.3) is 0 Å². The van der Waals surface area contributed by atoms with Crippen molar-refractivity contribution in [2.75, 3.05) is 6.54 Å². The Morgan fingerprint density at radius 1 is 1.30 bits per heavy atom. The van der Waals surface area contributed by atoms with Crippen molar-refractivity contribution in [1.29, 1.82) is 0 Å². The third kappa shape index (κ3) is 2.14. The van der Waals surface area contributed by atoms with Gasteiger partial charge < -0.3 is 5.32 Å². The van der Waals surface area contributed by atoms with E-state index in [-0.39, 0.29) is 5.54 Å². The molecule has 0 aromatic rings. The molecule has 0 atom stereocenters. The van der Waals surface area contributed by atoms with E-state index >= 15 is 0 Å². The van der Waals surface area contributed by atoms with Gasteiger partial charge in [0.1, 0.15) is 0 Å². The van der Waals surface area contributed by atoms with Crippen molar-refractivity contribution >= 4 is 0 Å². The van der Waals surface area contributed by atoms with Gasteiger partial charge in [0.05, 0.1) is 0 Å². The highest BCUT2D eigenvalue weighted by molar-refractivity contribution is 5.00. The molecular weight excluding hydrogens is 122 g/mol. The Morgan fingerprint density at radius 2 is 1.80 bits per heavy atom. The van der Waals surface area contributed by atoms with Crippen LogP contribution in [0.1, 0.15) is 33.6 Å². The van der Waals surface area contributed by atoms with Crippen LogP contribution in [-0.4, -0.2) is 12.1 Å². The van der Waals surface area contributed by atoms with E-state index in [1.54, 1.807) is 0 Å². The monoisotopic (exact) mass is 141 g/mol. The van der Waals surface area contributed by atoms with Crippen LogP contribution in [0, 0.1) is 0 Å². The highest BCUT2D eigenvalue weighted by atomic mass is 14.9. The summed E-state index contributed by atoms with van der Waals surface area (Å²) in [6.07, 6.45) is 4.28. The van der Waals surface area contributed by atoms with Gasteiger partial charge in [-0.05, 0) is 19.4 Å². The Labute approximate surface area is 64.5 Å². The maximum Gasteiger partial charge on any atom is 0.0356 e. The first-order valence-electron chi connectivity index (χ1n) is 4.13. The molecule has 0 aromatic heterocycles. The van der Waals surface area contributed by atoms with Crippen molar-refractivity contribution in [3.63, 3.8) is 0 Å². The van der Waals surface area contributed by atoms with Crippen molar-refractivity contribution in [3.05, 3.63) is 12.7 Å². The Bertz CT molecular complexity index is 92.9. The molecule has 0 aliphatic rings. The number of hydrogen-bond donors (Lipinski definition) is 1. The average molecular weight is 141 g/mol. The number of likely N-dealkylation sites (N-methyl/N-ethyl adjacent to an activating group) is 1. The van der Waals surface area contributed by atoms with Gasteiger partial charge in [0.15, 0.2) is 0 Å². The normalized spacial score (nSPS) is 11.5. The molecule has 0 aliphatic heterocycles. The highest BCUT2D eigenvalue weighted by Gasteiger charge is 2.18. The summed E-state index contributed by atoms with van der Waals surface area (Å²) in [5.74, 6) is 0. The van der Waals surface area contributed by atoms with Crippen molar-refractivity contribution < 1.29 is 0 Å². The average Bonchev–Trinajstić information content (AvgIpc) is 2.01. The van der Waals surface area contributed by atoms with Crippen molar-refractivity contribution in [1.82, 2.24) is 5.32 Å². The molecule has 0 saturated carbocycles. The van der Waals surface area contributed by atoms with Crippen LogP contribution in [0.5, 0.6) is 0 Å². The summed E-state index contributed by atoms with van der Waals surface area (Å²) in [4.78, 5) is 0. The van der Waals surface area contributed by atoms with Gasteiger partial charge in [-0.15, -0.1) is 6.58 Å². The molecule has 0 amide bonds. The standard InChI is InChI=1S/C9H19N/c1-5-9(6-2,7-3)10-8-4/h5,10H,1,6-8H2,2-4H3. The molecule has 1 N–H and O–H groups in total. The quantitative estimate of drug-likeness (QED) is 0.579. The zero-order valence-electron chi connectivity index (χ0n) is 7.41. The first-order chi connectivity index (χ1) is 4.74. The topological polar surface area (TPSA) is 12.0 Å². The van der Waals surface area contributed by atoms with E-state index in [1.165, 1.54) is 0 Å². The number of rotatable bonds is 5. The molecule has 0 fully saturated rings. The second-order valence-electron chi connectivity index (χ2n) is 2.60. The van der Waals surface area contributed by atoms with E-state index in [9.17, 15) is 0 Å². The molecule has 10 heavy (non-hydrogen) atoms. The summed E-state index contributed by atoms with van der Waals surface area (Å²) < 4.78 is 0. The van der Waals surface area contributed by atoms with Gasteiger partial charge in [-0.2, -0.15) is 0 Å². The molecule has 0 unspecified atom stereocenters. The van der Waals surface area contributed by atoms with E-state index in [2.05, 4.69) is 32.7 Å². The summed E-state index contributed by atoms with van der Waals surface area (Å²) in [6.45, 7) is 11.4. The predicted octanol–water partition coefficient (Wildman–Crippen LogP) is 2.34. The van der Waals surface area contributed by atoms with Gasteiger partial charge in [0.2, 0.25) is 0 Å². The van der Waals surface area contributed by atoms with Gasteiger partial charge in [-0.25, -0.2) is 0 Å². The second kappa shape index (κ2) is 4.51. The molecule has 0 bridgehead atoms. The zero-order chi connectivity index (χ0) is 8.04. The minimum absolute atomic E-state index is 0.189. The molecule has 0 aliphatic carbocycles. The van der Waals surface area contributed by atoms with Gasteiger partial charge >= 0.3 is 0 Å². The highest BCUT2D eigenvalue weighted by Crippen LogP contribution is 2.15. The molecule has 1 heteroatoms. The summed E-state index contributed by atoms with van der Waals surface area (Å²) in [5, 5.41) is 3.43. The Morgan fingerprint density at radius 3 is 1.90 bits per heavy atom. The van der Waals surface area contributed by atoms with Crippen LogP contribution in [-0.2, 0) is 0 Å². The van der Waals surface area contributed by atoms with Gasteiger partial charge in [-0.3, -0.25) is 0 Å². The Kier molecular flexibility index (Phi) is 4.37. The zero-order valence-corrected chi connectivity index (χ0v) is 7.41. The van der Waals surface area contributed by atoms with Crippen molar-refractivity contribution in [2.24, 2.45) is 0 Å². The first-order valence-corrected chi connectivity index (χ1v) is 4.13. The van der Waals surface area contributed by atoms with Crippen LogP contribution < -0.4 is 5.32 Å². The molecule has 0 spiro atoms. The SMILES string of the molecule is C=CC(CC)(CC)NCC. The van der Waals surface area contributed by atoms with Crippen LogP contribution in [0.15, 0.2) is 12.7 Å². The molecule has 60 valence electrons. The van der Waals surface area contributed by atoms with Crippen LogP contribution in [0.3, 0.4) is 0 Å². The van der Waals surface area contributed by atoms with E-state index in [1.807, 2.05) is 6.08 Å². The van der Waals surface area contributed by atoms with Crippen LogP contribution >= 0.6 is 0 Å². The Balaban J connectivity index is 4.00. The lowest BCUT2D eigenvalue weighted by molar-refractivity contribution is 0.386. The molecular formula is C9H19N. The molecule has 1 nitrogen and oxygen atoms in total. The van der Waals surface area contributed by atoms with Crippen LogP contribution in [0.4, 0.5) is 0 Å². The summed E-state index contributed by atoms with van der Waals surface area (Å²) in [5.41, 5.74) is 0.189. The maximum absolute atomic E-state index is 3.83. The van der Waals surface area contributed by atoms with Crippen LogP contribution in [0.2, 0.25) is 0 Å². The molecule has 0 aromatic carbocycles. The lowest BCUT2D eigenvalue weighted by Gasteiger charge is -2.28. The van der Waals surface area contributed by atoms with E-state index in [4.69, 9.17) is 0 Å². The fourth-order valence-electron chi connectivity index (χ4n) is 1.21. The lowest BCUT2D eigenvalue weighted by Crippen LogP contribution is -2.41. The third-order valence-corrected chi connectivity index (χ3v) is 2.18. The summed E-state index contributed by atoms with van der Waals surface area (Å²) in [6, 6.07) is 0. The van der Waals surface area contributed by atoms with Crippen molar-refractivity contribution in [2.45, 2.75) is 39.2 Å². The maximum atomic E-state index is 3.83. The fourth-order valence-corrected chi connectivity index (χ4v) is 1.21. The van der Waals surface area contributed by atoms with Crippen LogP contribution in [0.25, 0.3) is 0 Å². The lowest BCUT2D eigenvalue weighted by atomic mass is 9.93. The predicted molar refractivity (Wildman–Crippen MR) is 47.2 cm³/mol. The number of nitrogens with one attached hydrogen (secondary N) is 1. The summed E-state index contributed by atoms with van der Waals surface area (Å²) in [7, 11) is 0. The largest absolute Gasteiger partial charge is 0.308 e. The Hall–Kier alpha value is -0.300. The third-order valence-electron chi connectivity index (χ3n) is 2.18. The second-order valence-corrected chi connectivity index (χ2v) is 2.60. The van der Waals surface area contributed by atoms with E-state index < -0.39 is 0 Å². The minimum atomic E-state index is 0.189. The summed E-state index contributed by atoms with van der Waals surface area (Å²) >= 11 is 0. The smallest absolute Gasteiger partial charge is 0.0356 e. The first kappa shape index (κ1) is 9.70. The number of hydrogen-bond acceptors (Lipinski definition) is 1. The van der Waals surface area contributed by atoms with E-state index in [0.29, 0.717) is 0 Å². The molecule has 0 saturated heterocycles. The molecule has 0 radical (unpaired) electrons. The fraction of sp³-hybridized carbons (Fsp3) is 0.778. The van der Waals surface area contributed by atoms with Gasteiger partial charge in [-0.1, -0.05) is 26.8 Å². The minimum Gasteiger partial charge on any atom is -0.308 e. The van der Waals surface area contributed by atoms with Crippen molar-refractivity contribution in [3.8, 4) is 0 Å². The molecule has 0 heterocycles. The van der Waals surface area contributed by atoms with E-state index in [0.717, 1.165) is 19.4 Å². The van der Waals surface area contributed by atoms with Gasteiger partial charge in [0, 0.05) is 5.54 Å².